The smallest absolute Gasteiger partial charge is 0.449 e. The lowest BCUT2D eigenvalue weighted by Gasteiger charge is -2.37. The van der Waals surface area contributed by atoms with Crippen LogP contribution >= 0.6 is 12.6 Å². The van der Waals surface area contributed by atoms with Gasteiger partial charge in [0.15, 0.2) is 0 Å². The van der Waals surface area contributed by atoms with Gasteiger partial charge in [-0.1, -0.05) is 60.4 Å². The fraction of sp³-hybridized carbons (Fsp3) is 0.296. The lowest BCUT2D eigenvalue weighted by atomic mass is 9.80. The summed E-state index contributed by atoms with van der Waals surface area (Å²) in [5.74, 6) is -0.00272. The summed E-state index contributed by atoms with van der Waals surface area (Å²) in [6, 6.07) is 19.7. The Morgan fingerprint density at radius 2 is 1.56 bits per heavy atom. The van der Waals surface area contributed by atoms with Crippen LogP contribution in [-0.2, 0) is 11.1 Å². The number of hydrogen-bond donors (Lipinski definition) is 1. The molecule has 5 rings (SSSR count). The molecule has 2 aliphatic rings. The zero-order valence-corrected chi connectivity index (χ0v) is 20.9. The number of amides is 1. The van der Waals surface area contributed by atoms with Gasteiger partial charge in [0.25, 0.3) is 0 Å². The third kappa shape index (κ3) is 4.94. The summed E-state index contributed by atoms with van der Waals surface area (Å²) in [5, 5.41) is 0. The lowest BCUT2D eigenvalue weighted by Crippen LogP contribution is -2.49. The first-order chi connectivity index (χ1) is 17.2. The van der Waals surface area contributed by atoms with Crippen molar-refractivity contribution in [2.75, 3.05) is 37.7 Å². The highest BCUT2D eigenvalue weighted by molar-refractivity contribution is 7.80. The van der Waals surface area contributed by atoms with Crippen LogP contribution in [0.3, 0.4) is 0 Å². The second-order valence-corrected chi connectivity index (χ2v) is 9.96. The molecule has 3 aromatic rings. The number of rotatable bonds is 5. The highest BCUT2D eigenvalue weighted by Crippen LogP contribution is 2.44. The monoisotopic (exact) mass is 511 g/mol. The van der Waals surface area contributed by atoms with E-state index in [9.17, 15) is 17.7 Å². The van der Waals surface area contributed by atoms with Crippen LogP contribution in [0.4, 0.5) is 23.4 Å². The topological polar surface area (TPSA) is 32.8 Å². The fourth-order valence-corrected chi connectivity index (χ4v) is 5.62. The van der Waals surface area contributed by atoms with Crippen LogP contribution in [0.2, 0.25) is 0 Å². The number of ether oxygens (including phenoxy) is 1. The fourth-order valence-electron chi connectivity index (χ4n) is 5.35. The first kappa shape index (κ1) is 24.6. The SMILES string of the molecule is Cc1c(C[B-](F)(F)F)cc(S)cc1N1CCN(C(=O)OCC2c3ccccc3-c3ccccc32)CC1. The first-order valence-electron chi connectivity index (χ1n) is 12.1. The maximum absolute atomic E-state index is 13.1. The van der Waals surface area contributed by atoms with Crippen LogP contribution < -0.4 is 4.90 Å². The maximum atomic E-state index is 13.1. The largest absolute Gasteiger partial charge is 0.482 e. The standard InChI is InChI=1S/C27H27BF3N2O2S/c1-18-19(16-28(29,30)31)14-20(36)15-26(18)32-10-12-33(13-11-32)27(34)35-17-25-23-8-4-2-6-21(23)22-7-3-5-9-24(22)25/h2-9,14-15,25,36H,10-13,16-17H2,1H3/q-1. The second kappa shape index (κ2) is 9.77. The normalized spacial score (nSPS) is 15.6. The molecule has 3 aromatic carbocycles. The van der Waals surface area contributed by atoms with Crippen molar-refractivity contribution in [3.63, 3.8) is 0 Å². The predicted molar refractivity (Wildman–Crippen MR) is 140 cm³/mol. The van der Waals surface area contributed by atoms with Crippen LogP contribution in [0.25, 0.3) is 11.1 Å². The molecule has 0 bridgehead atoms. The molecule has 0 spiro atoms. The molecule has 0 radical (unpaired) electrons. The van der Waals surface area contributed by atoms with Gasteiger partial charge >= 0.3 is 13.1 Å². The van der Waals surface area contributed by atoms with E-state index in [0.29, 0.717) is 36.6 Å². The van der Waals surface area contributed by atoms with Crippen LogP contribution in [0.5, 0.6) is 0 Å². The predicted octanol–water partition coefficient (Wildman–Crippen LogP) is 6.28. The first-order valence-corrected chi connectivity index (χ1v) is 12.5. The molecular formula is C27H27BF3N2O2S-. The highest BCUT2D eigenvalue weighted by atomic mass is 32.1. The van der Waals surface area contributed by atoms with Gasteiger partial charge < -0.3 is 27.5 Å². The molecule has 4 nitrogen and oxygen atoms in total. The van der Waals surface area contributed by atoms with Crippen LogP contribution in [0.15, 0.2) is 65.6 Å². The molecule has 1 heterocycles. The number of anilines is 1. The maximum Gasteiger partial charge on any atom is 0.482 e. The number of thiol groups is 1. The van der Waals surface area contributed by atoms with E-state index in [2.05, 4.69) is 36.9 Å². The summed E-state index contributed by atoms with van der Waals surface area (Å²) in [7, 11) is 0. The van der Waals surface area contributed by atoms with E-state index in [1.807, 2.05) is 29.2 Å². The van der Waals surface area contributed by atoms with Crippen molar-refractivity contribution in [3.05, 3.63) is 82.9 Å². The van der Waals surface area contributed by atoms with Crippen LogP contribution in [0, 0.1) is 6.92 Å². The molecule has 1 fully saturated rings. The van der Waals surface area contributed by atoms with Gasteiger partial charge in [0, 0.05) is 42.7 Å². The van der Waals surface area contributed by atoms with Crippen molar-refractivity contribution in [2.24, 2.45) is 0 Å². The van der Waals surface area contributed by atoms with Crippen molar-refractivity contribution < 1.29 is 22.5 Å². The lowest BCUT2D eigenvalue weighted by molar-refractivity contribution is 0.0976. The van der Waals surface area contributed by atoms with Gasteiger partial charge in [0.1, 0.15) is 6.61 Å². The molecule has 1 amide bonds. The van der Waals surface area contributed by atoms with Gasteiger partial charge in [-0.2, -0.15) is 0 Å². The Hall–Kier alpha value is -3.07. The molecule has 188 valence electrons. The van der Waals surface area contributed by atoms with E-state index in [0.717, 1.165) is 16.8 Å². The van der Waals surface area contributed by atoms with Crippen molar-refractivity contribution in [3.8, 4) is 11.1 Å². The number of carbonyl (C=O) groups excluding carboxylic acids is 1. The third-order valence-electron chi connectivity index (χ3n) is 7.14. The Bertz CT molecular complexity index is 1250. The minimum atomic E-state index is -4.94. The average Bonchev–Trinajstić information content (AvgIpc) is 3.17. The third-order valence-corrected chi connectivity index (χ3v) is 7.40. The quantitative estimate of drug-likeness (QED) is 0.323. The number of nitrogens with zero attached hydrogens (tertiary/aromatic N) is 2. The number of carbonyl (C=O) groups is 1. The van der Waals surface area contributed by atoms with E-state index in [-0.39, 0.29) is 24.2 Å². The number of fused-ring (bicyclic) bond motifs is 3. The van der Waals surface area contributed by atoms with Crippen LogP contribution in [-0.4, -0.2) is 50.8 Å². The van der Waals surface area contributed by atoms with Gasteiger partial charge in [-0.3, -0.25) is 0 Å². The molecular weight excluding hydrogens is 484 g/mol. The molecule has 1 aliphatic carbocycles. The minimum absolute atomic E-state index is 0.00272. The van der Waals surface area contributed by atoms with E-state index < -0.39 is 13.3 Å². The zero-order chi connectivity index (χ0) is 25.4. The highest BCUT2D eigenvalue weighted by Gasteiger charge is 2.31. The van der Waals surface area contributed by atoms with E-state index >= 15 is 0 Å². The number of hydrogen-bond acceptors (Lipinski definition) is 4. The van der Waals surface area contributed by atoms with E-state index in [4.69, 9.17) is 4.74 Å². The molecule has 0 saturated carbocycles. The Kier molecular flexibility index (Phi) is 6.68. The van der Waals surface area contributed by atoms with E-state index in [1.165, 1.54) is 17.2 Å². The van der Waals surface area contributed by atoms with Crippen molar-refractivity contribution in [1.82, 2.24) is 4.90 Å². The van der Waals surface area contributed by atoms with Gasteiger partial charge in [0.2, 0.25) is 0 Å². The number of piperazine rings is 1. The Morgan fingerprint density at radius 3 is 2.14 bits per heavy atom. The molecule has 1 aliphatic heterocycles. The molecule has 0 unspecified atom stereocenters. The second-order valence-electron chi connectivity index (χ2n) is 9.44. The van der Waals surface area contributed by atoms with Gasteiger partial charge in [0.05, 0.1) is 0 Å². The van der Waals surface area contributed by atoms with Crippen molar-refractivity contribution >= 4 is 31.4 Å². The molecule has 36 heavy (non-hydrogen) atoms. The van der Waals surface area contributed by atoms with Gasteiger partial charge in [-0.05, 0) is 46.9 Å². The average molecular weight is 511 g/mol. The van der Waals surface area contributed by atoms with Crippen LogP contribution in [0.1, 0.15) is 28.2 Å². The Balaban J connectivity index is 1.23. The minimum Gasteiger partial charge on any atom is -0.449 e. The molecule has 9 heteroatoms. The number of benzene rings is 3. The Labute approximate surface area is 214 Å². The van der Waals surface area contributed by atoms with Gasteiger partial charge in [-0.15, -0.1) is 12.6 Å². The van der Waals surface area contributed by atoms with Gasteiger partial charge in [-0.25, -0.2) is 4.79 Å². The molecule has 0 N–H and O–H groups in total. The molecule has 1 saturated heterocycles. The summed E-state index contributed by atoms with van der Waals surface area (Å²) in [4.78, 5) is 17.1. The summed E-state index contributed by atoms with van der Waals surface area (Å²) < 4.78 is 45.0. The van der Waals surface area contributed by atoms with Crippen molar-refractivity contribution in [2.45, 2.75) is 24.1 Å². The summed E-state index contributed by atoms with van der Waals surface area (Å²) in [6.07, 6.45) is -1.29. The summed E-state index contributed by atoms with van der Waals surface area (Å²) >= 11 is 4.33. The summed E-state index contributed by atoms with van der Waals surface area (Å²) in [6.45, 7) is -1.06. The van der Waals surface area contributed by atoms with Crippen molar-refractivity contribution in [1.29, 1.82) is 0 Å². The zero-order valence-electron chi connectivity index (χ0n) is 20.0. The summed E-state index contributed by atoms with van der Waals surface area (Å²) in [5.41, 5.74) is 6.28. The Morgan fingerprint density at radius 1 is 0.972 bits per heavy atom. The molecule has 0 atom stereocenters. The molecule has 0 aromatic heterocycles. The van der Waals surface area contributed by atoms with E-state index in [1.54, 1.807) is 17.9 Å². The number of halogens is 3.